The number of fused-ring (bicyclic) bond motifs is 1. The Labute approximate surface area is 154 Å². The summed E-state index contributed by atoms with van der Waals surface area (Å²) in [6.45, 7) is 10.7. The highest BCUT2D eigenvalue weighted by Crippen LogP contribution is 2.20. The number of ether oxygens (including phenoxy) is 2. The van der Waals surface area contributed by atoms with Crippen LogP contribution in [0.25, 0.3) is 10.9 Å². The van der Waals surface area contributed by atoms with Crippen molar-refractivity contribution in [2.45, 2.75) is 65.2 Å². The fourth-order valence-electron chi connectivity index (χ4n) is 2.54. The van der Waals surface area contributed by atoms with Gasteiger partial charge in [0.25, 0.3) is 0 Å². The Morgan fingerprint density at radius 1 is 1.04 bits per heavy atom. The minimum Gasteiger partial charge on any atom is -0.458 e. The van der Waals surface area contributed by atoms with Gasteiger partial charge in [0, 0.05) is 23.5 Å². The van der Waals surface area contributed by atoms with Gasteiger partial charge in [-0.05, 0) is 53.2 Å². The molecule has 0 fully saturated rings. The Bertz CT molecular complexity index is 781. The molecular formula is C20H28N2O4. The molecule has 2 N–H and O–H groups in total. The molecule has 0 saturated heterocycles. The molecule has 1 heterocycles. The van der Waals surface area contributed by atoms with E-state index in [2.05, 4.69) is 10.3 Å². The summed E-state index contributed by atoms with van der Waals surface area (Å²) in [6, 6.07) is 6.96. The standard InChI is InChI=1S/C20H28N2O4/c1-19(2,3)25-17(23)16(22-18(24)26-20(4,5)6)11-13-12-21-15-10-8-7-9-14(13)15/h7-10,12,16,21H,11H2,1-6H3,(H,22,24). The van der Waals surface area contributed by atoms with Gasteiger partial charge in [-0.1, -0.05) is 18.2 Å². The molecule has 0 aliphatic carbocycles. The van der Waals surface area contributed by atoms with Crippen LogP contribution in [0.2, 0.25) is 0 Å². The van der Waals surface area contributed by atoms with Crippen molar-refractivity contribution in [1.29, 1.82) is 0 Å². The zero-order chi connectivity index (χ0) is 19.5. The second-order valence-electron chi connectivity index (χ2n) is 8.30. The number of aromatic amines is 1. The van der Waals surface area contributed by atoms with E-state index in [0.29, 0.717) is 6.42 Å². The molecule has 6 nitrogen and oxygen atoms in total. The maximum absolute atomic E-state index is 12.6. The van der Waals surface area contributed by atoms with Crippen molar-refractivity contribution in [1.82, 2.24) is 10.3 Å². The van der Waals surface area contributed by atoms with Gasteiger partial charge in [-0.15, -0.1) is 0 Å². The fourth-order valence-corrected chi connectivity index (χ4v) is 2.54. The van der Waals surface area contributed by atoms with E-state index in [-0.39, 0.29) is 0 Å². The summed E-state index contributed by atoms with van der Waals surface area (Å²) in [5.74, 6) is -0.492. The van der Waals surface area contributed by atoms with Gasteiger partial charge in [-0.2, -0.15) is 0 Å². The minimum atomic E-state index is -0.844. The summed E-state index contributed by atoms with van der Waals surface area (Å²) in [7, 11) is 0. The second-order valence-corrected chi connectivity index (χ2v) is 8.30. The fraction of sp³-hybridized carbons (Fsp3) is 0.500. The maximum Gasteiger partial charge on any atom is 0.408 e. The lowest BCUT2D eigenvalue weighted by Crippen LogP contribution is -2.47. The van der Waals surface area contributed by atoms with E-state index in [9.17, 15) is 9.59 Å². The third-order valence-electron chi connectivity index (χ3n) is 3.48. The summed E-state index contributed by atoms with van der Waals surface area (Å²) in [4.78, 5) is 28.0. The van der Waals surface area contributed by atoms with Crippen LogP contribution in [0.3, 0.4) is 0 Å². The summed E-state index contributed by atoms with van der Waals surface area (Å²) >= 11 is 0. The monoisotopic (exact) mass is 360 g/mol. The number of aromatic nitrogens is 1. The number of H-pyrrole nitrogens is 1. The molecule has 0 aliphatic heterocycles. The second kappa shape index (κ2) is 7.40. The highest BCUT2D eigenvalue weighted by molar-refractivity contribution is 5.86. The zero-order valence-corrected chi connectivity index (χ0v) is 16.3. The number of benzene rings is 1. The van der Waals surface area contributed by atoms with Gasteiger partial charge in [0.05, 0.1) is 0 Å². The normalized spacial score (nSPS) is 13.3. The Hall–Kier alpha value is -2.50. The van der Waals surface area contributed by atoms with E-state index < -0.39 is 29.3 Å². The number of esters is 1. The largest absolute Gasteiger partial charge is 0.458 e. The van der Waals surface area contributed by atoms with Gasteiger partial charge in [-0.3, -0.25) is 0 Å². The number of alkyl carbamates (subject to hydrolysis) is 1. The molecule has 1 atom stereocenters. The smallest absolute Gasteiger partial charge is 0.408 e. The van der Waals surface area contributed by atoms with E-state index in [1.807, 2.05) is 30.5 Å². The predicted octanol–water partition coefficient (Wildman–Crippen LogP) is 3.95. The lowest BCUT2D eigenvalue weighted by molar-refractivity contribution is -0.157. The van der Waals surface area contributed by atoms with Crippen molar-refractivity contribution < 1.29 is 19.1 Å². The van der Waals surface area contributed by atoms with Gasteiger partial charge in [-0.25, -0.2) is 9.59 Å². The number of para-hydroxylation sites is 1. The van der Waals surface area contributed by atoms with Gasteiger partial charge in [0.2, 0.25) is 0 Å². The molecular weight excluding hydrogens is 332 g/mol. The Balaban J connectivity index is 2.22. The third kappa shape index (κ3) is 5.79. The number of carbonyl (C=O) groups excluding carboxylic acids is 2. The number of rotatable bonds is 4. The van der Waals surface area contributed by atoms with Crippen LogP contribution in [0, 0.1) is 0 Å². The molecule has 1 amide bonds. The quantitative estimate of drug-likeness (QED) is 0.809. The molecule has 2 rings (SSSR count). The lowest BCUT2D eigenvalue weighted by Gasteiger charge is -2.26. The lowest BCUT2D eigenvalue weighted by atomic mass is 10.0. The van der Waals surface area contributed by atoms with E-state index in [0.717, 1.165) is 16.5 Å². The Morgan fingerprint density at radius 3 is 2.27 bits per heavy atom. The van der Waals surface area contributed by atoms with Crippen LogP contribution in [-0.4, -0.2) is 34.3 Å². The number of amides is 1. The Morgan fingerprint density at radius 2 is 1.65 bits per heavy atom. The molecule has 1 aromatic carbocycles. The van der Waals surface area contributed by atoms with Crippen LogP contribution >= 0.6 is 0 Å². The van der Waals surface area contributed by atoms with Crippen LogP contribution in [0.4, 0.5) is 4.79 Å². The van der Waals surface area contributed by atoms with Crippen LogP contribution in [0.1, 0.15) is 47.1 Å². The molecule has 0 aliphatic rings. The molecule has 6 heteroatoms. The summed E-state index contributed by atoms with van der Waals surface area (Å²) in [6.07, 6.45) is 1.50. The van der Waals surface area contributed by atoms with Crippen LogP contribution in [0.5, 0.6) is 0 Å². The van der Waals surface area contributed by atoms with Crippen molar-refractivity contribution in [3.63, 3.8) is 0 Å². The average Bonchev–Trinajstić information content (AvgIpc) is 2.86. The maximum atomic E-state index is 12.6. The summed E-state index contributed by atoms with van der Waals surface area (Å²) in [5.41, 5.74) is 0.601. The van der Waals surface area contributed by atoms with Crippen LogP contribution in [0.15, 0.2) is 30.5 Å². The minimum absolute atomic E-state index is 0.304. The van der Waals surface area contributed by atoms with Gasteiger partial charge in [0.1, 0.15) is 17.2 Å². The van der Waals surface area contributed by atoms with Gasteiger partial charge >= 0.3 is 12.1 Å². The average molecular weight is 360 g/mol. The summed E-state index contributed by atoms with van der Waals surface area (Å²) < 4.78 is 10.8. The van der Waals surface area contributed by atoms with Crippen molar-refractivity contribution in [3.8, 4) is 0 Å². The van der Waals surface area contributed by atoms with Crippen molar-refractivity contribution in [2.24, 2.45) is 0 Å². The van der Waals surface area contributed by atoms with Gasteiger partial charge < -0.3 is 19.8 Å². The predicted molar refractivity (Wildman–Crippen MR) is 101 cm³/mol. The highest BCUT2D eigenvalue weighted by atomic mass is 16.6. The highest BCUT2D eigenvalue weighted by Gasteiger charge is 2.29. The molecule has 2 aromatic rings. The van der Waals surface area contributed by atoms with Crippen molar-refractivity contribution in [3.05, 3.63) is 36.0 Å². The zero-order valence-electron chi connectivity index (χ0n) is 16.3. The Kier molecular flexibility index (Phi) is 5.64. The molecule has 0 bridgehead atoms. The summed E-state index contributed by atoms with van der Waals surface area (Å²) in [5, 5.41) is 3.66. The van der Waals surface area contributed by atoms with Gasteiger partial charge in [0.15, 0.2) is 0 Å². The first-order valence-electron chi connectivity index (χ1n) is 8.72. The molecule has 26 heavy (non-hydrogen) atoms. The van der Waals surface area contributed by atoms with Crippen molar-refractivity contribution in [2.75, 3.05) is 0 Å². The number of hydrogen-bond acceptors (Lipinski definition) is 4. The first-order chi connectivity index (χ1) is 11.9. The molecule has 0 radical (unpaired) electrons. The topological polar surface area (TPSA) is 80.4 Å². The molecule has 0 spiro atoms. The van der Waals surface area contributed by atoms with E-state index in [1.54, 1.807) is 41.5 Å². The third-order valence-corrected chi connectivity index (χ3v) is 3.48. The molecule has 1 aromatic heterocycles. The number of carbonyl (C=O) groups is 2. The number of hydrogen-bond donors (Lipinski definition) is 2. The first kappa shape index (κ1) is 19.8. The van der Waals surface area contributed by atoms with Crippen LogP contribution < -0.4 is 5.32 Å². The van der Waals surface area contributed by atoms with E-state index >= 15 is 0 Å². The first-order valence-corrected chi connectivity index (χ1v) is 8.72. The molecule has 1 unspecified atom stereocenters. The number of nitrogens with one attached hydrogen (secondary N) is 2. The molecule has 142 valence electrons. The van der Waals surface area contributed by atoms with Crippen molar-refractivity contribution >= 4 is 23.0 Å². The van der Waals surface area contributed by atoms with Crippen LogP contribution in [-0.2, 0) is 20.7 Å². The SMILES string of the molecule is CC(C)(C)OC(=O)NC(Cc1c[nH]c2ccccc12)C(=O)OC(C)(C)C. The molecule has 0 saturated carbocycles. The van der Waals surface area contributed by atoms with E-state index in [1.165, 1.54) is 0 Å². The van der Waals surface area contributed by atoms with E-state index in [4.69, 9.17) is 9.47 Å².